The molecule has 0 aromatic carbocycles. The molecule has 0 spiro atoms. The summed E-state index contributed by atoms with van der Waals surface area (Å²) in [6.45, 7) is 0. The van der Waals surface area contributed by atoms with Crippen LogP contribution in [0.2, 0.25) is 0 Å². The van der Waals surface area contributed by atoms with Gasteiger partial charge in [-0.2, -0.15) is 0 Å². The van der Waals surface area contributed by atoms with Crippen molar-refractivity contribution in [3.63, 3.8) is 0 Å². The highest BCUT2D eigenvalue weighted by Crippen LogP contribution is 2.26. The summed E-state index contributed by atoms with van der Waals surface area (Å²) in [6.07, 6.45) is 17.8. The molecule has 0 aromatic rings. The van der Waals surface area contributed by atoms with E-state index in [-0.39, 0.29) is 0 Å². The van der Waals surface area contributed by atoms with Crippen molar-refractivity contribution in [3.8, 4) is 0 Å². The lowest BCUT2D eigenvalue weighted by molar-refractivity contribution is 0.368. The summed E-state index contributed by atoms with van der Waals surface area (Å²) in [4.78, 5) is 4.75. The van der Waals surface area contributed by atoms with Gasteiger partial charge in [0.1, 0.15) is 0 Å². The van der Waals surface area contributed by atoms with Crippen molar-refractivity contribution in [3.05, 3.63) is 0 Å². The van der Waals surface area contributed by atoms with Crippen molar-refractivity contribution in [2.24, 2.45) is 10.9 Å². The maximum Gasteiger partial charge on any atom is 0.0495 e. The van der Waals surface area contributed by atoms with Gasteiger partial charge in [-0.05, 0) is 31.4 Å². The molecule has 2 aliphatic carbocycles. The lowest BCUT2D eigenvalue weighted by Crippen LogP contribution is -2.11. The third kappa shape index (κ3) is 3.96. The summed E-state index contributed by atoms with van der Waals surface area (Å²) in [5, 5.41) is 0. The highest BCUT2D eigenvalue weighted by molar-refractivity contribution is 5.57. The highest BCUT2D eigenvalue weighted by Gasteiger charge is 2.13. The van der Waals surface area contributed by atoms with E-state index in [2.05, 4.69) is 6.21 Å². The fourth-order valence-electron chi connectivity index (χ4n) is 3.01. The predicted octanol–water partition coefficient (Wildman–Crippen LogP) is 4.36. The number of aliphatic imine (C=N–C) groups is 1. The van der Waals surface area contributed by atoms with Crippen molar-refractivity contribution < 1.29 is 0 Å². The standard InChI is InChI=1S/C14H25N/c1-3-7-13(8-4-1)11-12-15-14-9-5-2-6-10-14/h12-14H,1-11H2. The molecular formula is C14H25N. The molecule has 0 N–H and O–H groups in total. The molecule has 15 heavy (non-hydrogen) atoms. The van der Waals surface area contributed by atoms with Gasteiger partial charge in [0.05, 0.1) is 0 Å². The van der Waals surface area contributed by atoms with Gasteiger partial charge in [-0.3, -0.25) is 4.99 Å². The molecule has 0 radical (unpaired) electrons. The maximum atomic E-state index is 4.75. The Balaban J connectivity index is 1.64. The van der Waals surface area contributed by atoms with E-state index < -0.39 is 0 Å². The second-order valence-electron chi connectivity index (χ2n) is 5.36. The monoisotopic (exact) mass is 207 g/mol. The first kappa shape index (κ1) is 11.2. The number of hydrogen-bond acceptors (Lipinski definition) is 1. The van der Waals surface area contributed by atoms with Crippen LogP contribution in [0, 0.1) is 5.92 Å². The van der Waals surface area contributed by atoms with E-state index >= 15 is 0 Å². The molecule has 1 nitrogen and oxygen atoms in total. The van der Waals surface area contributed by atoms with E-state index in [1.165, 1.54) is 70.6 Å². The van der Waals surface area contributed by atoms with Gasteiger partial charge in [0.2, 0.25) is 0 Å². The lowest BCUT2D eigenvalue weighted by Gasteiger charge is -2.20. The molecule has 0 atom stereocenters. The normalized spacial score (nSPS) is 26.1. The molecule has 1 heteroatoms. The maximum absolute atomic E-state index is 4.75. The zero-order valence-corrected chi connectivity index (χ0v) is 9.96. The Morgan fingerprint density at radius 2 is 1.40 bits per heavy atom. The van der Waals surface area contributed by atoms with E-state index in [1.54, 1.807) is 0 Å². The van der Waals surface area contributed by atoms with E-state index in [1.807, 2.05) is 0 Å². The van der Waals surface area contributed by atoms with Crippen molar-refractivity contribution in [2.45, 2.75) is 76.7 Å². The van der Waals surface area contributed by atoms with Gasteiger partial charge in [0.15, 0.2) is 0 Å². The van der Waals surface area contributed by atoms with Crippen LogP contribution in [0.25, 0.3) is 0 Å². The molecule has 0 unspecified atom stereocenters. The predicted molar refractivity (Wildman–Crippen MR) is 66.6 cm³/mol. The molecule has 2 saturated carbocycles. The molecule has 0 heterocycles. The summed E-state index contributed by atoms with van der Waals surface area (Å²) in [5.41, 5.74) is 0. The topological polar surface area (TPSA) is 12.4 Å². The number of nitrogens with zero attached hydrogens (tertiary/aromatic N) is 1. The summed E-state index contributed by atoms with van der Waals surface area (Å²) in [6, 6.07) is 0.683. The molecule has 0 saturated heterocycles. The smallest absolute Gasteiger partial charge is 0.0495 e. The Hall–Kier alpha value is -0.330. The van der Waals surface area contributed by atoms with Gasteiger partial charge in [-0.1, -0.05) is 51.4 Å². The fraction of sp³-hybridized carbons (Fsp3) is 0.929. The fourth-order valence-corrected chi connectivity index (χ4v) is 3.01. The summed E-state index contributed by atoms with van der Waals surface area (Å²) in [7, 11) is 0. The van der Waals surface area contributed by atoms with Crippen LogP contribution >= 0.6 is 0 Å². The highest BCUT2D eigenvalue weighted by atomic mass is 14.8. The van der Waals surface area contributed by atoms with Gasteiger partial charge in [-0.15, -0.1) is 0 Å². The molecule has 0 amide bonds. The Morgan fingerprint density at radius 3 is 2.07 bits per heavy atom. The SMILES string of the molecule is C(CC1CCCCC1)=NC1CCCCC1. The number of hydrogen-bond donors (Lipinski definition) is 0. The van der Waals surface area contributed by atoms with Gasteiger partial charge in [0, 0.05) is 6.04 Å². The van der Waals surface area contributed by atoms with Crippen LogP contribution in [-0.2, 0) is 0 Å². The van der Waals surface area contributed by atoms with Crippen LogP contribution in [0.4, 0.5) is 0 Å². The second kappa shape index (κ2) is 6.30. The van der Waals surface area contributed by atoms with Crippen LogP contribution in [-0.4, -0.2) is 12.3 Å². The zero-order valence-electron chi connectivity index (χ0n) is 9.96. The van der Waals surface area contributed by atoms with E-state index in [0.717, 1.165) is 5.92 Å². The zero-order chi connectivity index (χ0) is 10.3. The van der Waals surface area contributed by atoms with Crippen molar-refractivity contribution in [1.29, 1.82) is 0 Å². The van der Waals surface area contributed by atoms with Gasteiger partial charge < -0.3 is 0 Å². The Morgan fingerprint density at radius 1 is 0.800 bits per heavy atom. The third-order valence-corrected chi connectivity index (χ3v) is 4.05. The van der Waals surface area contributed by atoms with E-state index in [4.69, 9.17) is 4.99 Å². The minimum atomic E-state index is 0.683. The van der Waals surface area contributed by atoms with Crippen LogP contribution in [0.3, 0.4) is 0 Å². The third-order valence-electron chi connectivity index (χ3n) is 4.05. The largest absolute Gasteiger partial charge is 0.294 e. The molecule has 2 rings (SSSR count). The van der Waals surface area contributed by atoms with Crippen LogP contribution in [0.5, 0.6) is 0 Å². The Labute approximate surface area is 94.4 Å². The molecular weight excluding hydrogens is 182 g/mol. The van der Waals surface area contributed by atoms with Gasteiger partial charge >= 0.3 is 0 Å². The Bertz CT molecular complexity index is 186. The summed E-state index contributed by atoms with van der Waals surface area (Å²) in [5.74, 6) is 0.964. The minimum absolute atomic E-state index is 0.683. The Kier molecular flexibility index (Phi) is 4.69. The van der Waals surface area contributed by atoms with Crippen molar-refractivity contribution >= 4 is 6.21 Å². The van der Waals surface area contributed by atoms with Gasteiger partial charge in [0.25, 0.3) is 0 Å². The molecule has 0 aliphatic heterocycles. The average Bonchev–Trinajstić information content (AvgIpc) is 2.32. The van der Waals surface area contributed by atoms with E-state index in [9.17, 15) is 0 Å². The summed E-state index contributed by atoms with van der Waals surface area (Å²) < 4.78 is 0. The van der Waals surface area contributed by atoms with Crippen molar-refractivity contribution in [2.75, 3.05) is 0 Å². The molecule has 2 aliphatic rings. The molecule has 0 aromatic heterocycles. The van der Waals surface area contributed by atoms with Crippen molar-refractivity contribution in [1.82, 2.24) is 0 Å². The number of rotatable bonds is 3. The molecule has 0 bridgehead atoms. The first-order chi connectivity index (χ1) is 7.45. The average molecular weight is 207 g/mol. The first-order valence-electron chi connectivity index (χ1n) is 6.97. The van der Waals surface area contributed by atoms with E-state index in [0.29, 0.717) is 6.04 Å². The van der Waals surface area contributed by atoms with Crippen LogP contribution in [0.15, 0.2) is 4.99 Å². The minimum Gasteiger partial charge on any atom is -0.294 e. The quantitative estimate of drug-likeness (QED) is 0.610. The summed E-state index contributed by atoms with van der Waals surface area (Å²) >= 11 is 0. The molecule has 2 fully saturated rings. The van der Waals surface area contributed by atoms with Crippen LogP contribution < -0.4 is 0 Å². The second-order valence-corrected chi connectivity index (χ2v) is 5.36. The molecule has 86 valence electrons. The van der Waals surface area contributed by atoms with Crippen LogP contribution in [0.1, 0.15) is 70.6 Å². The first-order valence-corrected chi connectivity index (χ1v) is 6.97. The lowest BCUT2D eigenvalue weighted by atomic mass is 9.87. The van der Waals surface area contributed by atoms with Gasteiger partial charge in [-0.25, -0.2) is 0 Å².